The van der Waals surface area contributed by atoms with Crippen molar-refractivity contribution < 1.29 is 14.3 Å². The van der Waals surface area contributed by atoms with Gasteiger partial charge in [0.05, 0.1) is 29.5 Å². The van der Waals surface area contributed by atoms with Gasteiger partial charge in [0.1, 0.15) is 5.75 Å². The highest BCUT2D eigenvalue weighted by molar-refractivity contribution is 14.1. The van der Waals surface area contributed by atoms with Gasteiger partial charge in [0.2, 0.25) is 0 Å². The Balaban J connectivity index is 1.83. The van der Waals surface area contributed by atoms with Gasteiger partial charge in [-0.25, -0.2) is 0 Å². The summed E-state index contributed by atoms with van der Waals surface area (Å²) in [4.78, 5) is 15.1. The van der Waals surface area contributed by atoms with Crippen LogP contribution in [-0.4, -0.2) is 51.2 Å². The molecule has 2 aromatic rings. The average Bonchev–Trinajstić information content (AvgIpc) is 2.85. The molecule has 0 bridgehead atoms. The highest BCUT2D eigenvalue weighted by Crippen LogP contribution is 2.35. The van der Waals surface area contributed by atoms with E-state index in [1.165, 1.54) is 0 Å². The molecular weight excluding hydrogens is 715 g/mol. The van der Waals surface area contributed by atoms with Gasteiger partial charge in [-0.15, -0.1) is 0 Å². The van der Waals surface area contributed by atoms with Crippen LogP contribution in [0.5, 0.6) is 11.5 Å². The van der Waals surface area contributed by atoms with Crippen molar-refractivity contribution in [3.8, 4) is 11.5 Å². The summed E-state index contributed by atoms with van der Waals surface area (Å²) in [5.74, 6) is 6.30. The van der Waals surface area contributed by atoms with Crippen LogP contribution in [0.4, 0.5) is 0 Å². The summed E-state index contributed by atoms with van der Waals surface area (Å²) < 4.78 is 13.3. The number of hydrogen-bond donors (Lipinski definition) is 1. The predicted octanol–water partition coefficient (Wildman–Crippen LogP) is 7.00. The monoisotopic (exact) mass is 745 g/mol. The Hall–Kier alpha value is -0.980. The number of unbranched alkanes of at least 4 members (excludes halogenated alkanes) is 2. The van der Waals surface area contributed by atoms with Crippen molar-refractivity contribution in [3.63, 3.8) is 0 Å². The number of alkyl halides is 2. The van der Waals surface area contributed by atoms with E-state index in [9.17, 15) is 4.79 Å². The van der Waals surface area contributed by atoms with E-state index in [4.69, 9.17) is 38.5 Å². The second kappa shape index (κ2) is 16.0. The fourth-order valence-corrected chi connectivity index (χ4v) is 4.88. The largest absolute Gasteiger partial charge is 0.494 e. The minimum atomic E-state index is -0.0733. The lowest BCUT2D eigenvalue weighted by molar-refractivity contribution is 0.0656. The zero-order valence-corrected chi connectivity index (χ0v) is 25.7. The minimum absolute atomic E-state index is 0.0733. The van der Waals surface area contributed by atoms with E-state index >= 15 is 0 Å². The number of hydrazone groups is 1. The van der Waals surface area contributed by atoms with Crippen LogP contribution in [0.15, 0.2) is 41.5 Å². The molecule has 0 aromatic heterocycles. The molecule has 192 valence electrons. The Kier molecular flexibility index (Phi) is 13.8. The maximum absolute atomic E-state index is 13.2. The molecule has 2 rings (SSSR count). The molecule has 0 spiro atoms. The number of hydrogen-bond acceptors (Lipinski definition) is 5. The van der Waals surface area contributed by atoms with Crippen LogP contribution in [0.2, 0.25) is 10.0 Å². The fourth-order valence-electron chi connectivity index (χ4n) is 3.44. The zero-order chi connectivity index (χ0) is 25.8. The van der Waals surface area contributed by atoms with Crippen LogP contribution in [0.3, 0.4) is 0 Å². The molecule has 0 aliphatic rings. The van der Waals surface area contributed by atoms with Crippen LogP contribution in [0.25, 0.3) is 0 Å². The summed E-state index contributed by atoms with van der Waals surface area (Å²) >= 11 is 17.5. The molecule has 0 aliphatic carbocycles. The Morgan fingerprint density at radius 2 is 1.54 bits per heavy atom. The van der Waals surface area contributed by atoms with Gasteiger partial charge >= 0.3 is 0 Å². The molecule has 2 N–H and O–H groups in total. The van der Waals surface area contributed by atoms with Gasteiger partial charge < -0.3 is 20.2 Å². The number of nitrogens with two attached hydrogens (primary N) is 1. The molecule has 2 aromatic carbocycles. The Bertz CT molecular complexity index is 944. The van der Waals surface area contributed by atoms with Crippen molar-refractivity contribution in [1.82, 2.24) is 4.90 Å². The van der Waals surface area contributed by atoms with Crippen molar-refractivity contribution in [2.24, 2.45) is 10.9 Å². The molecule has 0 saturated carbocycles. The number of ether oxygens (including phenoxy) is 2. The summed E-state index contributed by atoms with van der Waals surface area (Å²) in [6, 6.07) is 11.1. The molecule has 6 nitrogen and oxygen atoms in total. The molecule has 10 heteroatoms. The number of halogens is 4. The van der Waals surface area contributed by atoms with E-state index in [2.05, 4.69) is 50.3 Å². The molecule has 35 heavy (non-hydrogen) atoms. The van der Waals surface area contributed by atoms with E-state index < -0.39 is 0 Å². The number of amides is 1. The van der Waals surface area contributed by atoms with Gasteiger partial charge in [0, 0.05) is 26.5 Å². The third-order valence-electron chi connectivity index (χ3n) is 5.28. The third kappa shape index (κ3) is 9.44. The highest BCUT2D eigenvalue weighted by atomic mass is 127. The van der Waals surface area contributed by atoms with Crippen molar-refractivity contribution >= 4 is 80.5 Å². The first-order chi connectivity index (χ1) is 16.8. The molecule has 0 saturated heterocycles. The molecule has 1 amide bonds. The molecule has 2 atom stereocenters. The van der Waals surface area contributed by atoms with Crippen LogP contribution in [0, 0.1) is 0 Å². The zero-order valence-electron chi connectivity index (χ0n) is 19.9. The predicted molar refractivity (Wildman–Crippen MR) is 162 cm³/mol. The van der Waals surface area contributed by atoms with E-state index in [0.717, 1.165) is 39.4 Å². The van der Waals surface area contributed by atoms with E-state index in [1.54, 1.807) is 18.3 Å². The van der Waals surface area contributed by atoms with Gasteiger partial charge in [0.15, 0.2) is 5.75 Å². The normalized spacial score (nSPS) is 13.0. The summed E-state index contributed by atoms with van der Waals surface area (Å²) in [7, 11) is 0. The molecule has 0 radical (unpaired) electrons. The van der Waals surface area contributed by atoms with E-state index in [0.29, 0.717) is 34.6 Å². The average molecular weight is 746 g/mol. The second-order valence-electron chi connectivity index (χ2n) is 8.09. The number of nitrogens with zero attached hydrogens (tertiary/aromatic N) is 2. The van der Waals surface area contributed by atoms with Crippen molar-refractivity contribution in [3.05, 3.63) is 57.6 Å². The highest BCUT2D eigenvalue weighted by Gasteiger charge is 2.26. The number of rotatable bonds is 14. The van der Waals surface area contributed by atoms with Crippen molar-refractivity contribution in [1.29, 1.82) is 0 Å². The van der Waals surface area contributed by atoms with Gasteiger partial charge in [-0.05, 0) is 75.1 Å². The lowest BCUT2D eigenvalue weighted by Gasteiger charge is -2.33. The van der Waals surface area contributed by atoms with Crippen LogP contribution in [-0.2, 0) is 0 Å². The van der Waals surface area contributed by atoms with Gasteiger partial charge in [-0.2, -0.15) is 5.10 Å². The lowest BCUT2D eigenvalue weighted by atomic mass is 10.1. The first kappa shape index (κ1) is 30.2. The fraction of sp³-hybridized carbons (Fsp3) is 0.440. The van der Waals surface area contributed by atoms with Gasteiger partial charge in [0.25, 0.3) is 5.91 Å². The van der Waals surface area contributed by atoms with Crippen LogP contribution < -0.4 is 15.3 Å². The Morgan fingerprint density at radius 1 is 1.00 bits per heavy atom. The van der Waals surface area contributed by atoms with E-state index in [1.807, 2.05) is 43.0 Å². The van der Waals surface area contributed by atoms with E-state index in [-0.39, 0.29) is 18.0 Å². The van der Waals surface area contributed by atoms with Crippen molar-refractivity contribution in [2.45, 2.75) is 45.2 Å². The molecule has 0 fully saturated rings. The first-order valence-electron chi connectivity index (χ1n) is 11.3. The summed E-state index contributed by atoms with van der Waals surface area (Å²) in [6.45, 7) is 5.19. The summed E-state index contributed by atoms with van der Waals surface area (Å²) in [6.07, 6.45) is 4.24. The second-order valence-corrected chi connectivity index (χ2v) is 10.7. The number of carbonyl (C=O) groups excluding carboxylic acids is 1. The van der Waals surface area contributed by atoms with Gasteiger partial charge in [-0.3, -0.25) is 4.79 Å². The molecule has 2 unspecified atom stereocenters. The molecule has 0 aliphatic heterocycles. The Labute approximate surface area is 245 Å². The summed E-state index contributed by atoms with van der Waals surface area (Å²) in [5, 5.41) is 4.19. The maximum Gasteiger partial charge on any atom is 0.254 e. The standard InChI is InChI=1S/C25H31Cl2I2N3O3/c1-17(14-28)32(18(2)15-29)25(33)20-12-22(26)24(23(27)13-20)35-11-5-3-4-10-34-21-8-6-19(7-9-21)16-31-30/h6-9,12-13,16-18H,3-5,10-11,14-15,30H2,1-2H3. The maximum atomic E-state index is 13.2. The molecule has 0 heterocycles. The Morgan fingerprint density at radius 3 is 2.06 bits per heavy atom. The number of benzene rings is 2. The molecular formula is C25H31Cl2I2N3O3. The lowest BCUT2D eigenvalue weighted by Crippen LogP contribution is -2.46. The SMILES string of the molecule is CC(CI)N(C(=O)c1cc(Cl)c(OCCCCCOc2ccc(C=NN)cc2)c(Cl)c1)C(C)CI. The first-order valence-corrected chi connectivity index (χ1v) is 15.2. The minimum Gasteiger partial charge on any atom is -0.494 e. The number of carbonyl (C=O) groups is 1. The smallest absolute Gasteiger partial charge is 0.254 e. The topological polar surface area (TPSA) is 77.2 Å². The van der Waals surface area contributed by atoms with Crippen LogP contribution >= 0.6 is 68.4 Å². The third-order valence-corrected chi connectivity index (χ3v) is 8.39. The van der Waals surface area contributed by atoms with Crippen LogP contribution in [0.1, 0.15) is 49.0 Å². The van der Waals surface area contributed by atoms with Crippen molar-refractivity contribution in [2.75, 3.05) is 22.1 Å². The summed E-state index contributed by atoms with van der Waals surface area (Å²) in [5.41, 5.74) is 1.40. The quantitative estimate of drug-likeness (QED) is 0.0565. The van der Waals surface area contributed by atoms with Gasteiger partial charge in [-0.1, -0.05) is 68.4 Å².